The van der Waals surface area contributed by atoms with Gasteiger partial charge < -0.3 is 5.32 Å². The van der Waals surface area contributed by atoms with Gasteiger partial charge in [0.15, 0.2) is 0 Å². The summed E-state index contributed by atoms with van der Waals surface area (Å²) >= 11 is 3.29. The lowest BCUT2D eigenvalue weighted by molar-refractivity contribution is -0.138. The summed E-state index contributed by atoms with van der Waals surface area (Å²) in [7, 11) is 0. The molecule has 1 fully saturated rings. The molecule has 0 unspecified atom stereocenters. The standard InChI is InChI=1S/C19H18BrN3O3/c1-2-19(8-7-16(24)23-18(19)26)13-3-5-15(6-4-13)22-17(25)12-9-14(20)11-21-10-12/h3-6,9-11H,2,7-8H2,1H3,(H,22,25)(H,23,24,26)/t19-/m0/s1. The van der Waals surface area contributed by atoms with Crippen molar-refractivity contribution in [3.63, 3.8) is 0 Å². The Kier molecular flexibility index (Phi) is 5.18. The van der Waals surface area contributed by atoms with E-state index in [9.17, 15) is 14.4 Å². The molecule has 0 radical (unpaired) electrons. The molecular weight excluding hydrogens is 398 g/mol. The average Bonchev–Trinajstić information content (AvgIpc) is 2.63. The first-order valence-electron chi connectivity index (χ1n) is 8.31. The number of carbonyl (C=O) groups excluding carboxylic acids is 3. The maximum Gasteiger partial charge on any atom is 0.257 e. The molecule has 3 amide bonds. The highest BCUT2D eigenvalue weighted by Gasteiger charge is 2.42. The fourth-order valence-corrected chi connectivity index (χ4v) is 3.54. The SMILES string of the molecule is CC[C@@]1(c2ccc(NC(=O)c3cncc(Br)c3)cc2)CCC(=O)NC1=O. The molecule has 26 heavy (non-hydrogen) atoms. The Morgan fingerprint density at radius 3 is 2.62 bits per heavy atom. The van der Waals surface area contributed by atoms with E-state index in [-0.39, 0.29) is 17.7 Å². The number of nitrogens with zero attached hydrogens (tertiary/aromatic N) is 1. The van der Waals surface area contributed by atoms with E-state index in [0.717, 1.165) is 10.0 Å². The predicted octanol–water partition coefficient (Wildman–Crippen LogP) is 3.18. The summed E-state index contributed by atoms with van der Waals surface area (Å²) in [5, 5.41) is 5.24. The van der Waals surface area contributed by atoms with Crippen LogP contribution in [0.2, 0.25) is 0 Å². The lowest BCUT2D eigenvalue weighted by atomic mass is 9.72. The fraction of sp³-hybridized carbons (Fsp3) is 0.263. The van der Waals surface area contributed by atoms with Gasteiger partial charge in [0.25, 0.3) is 5.91 Å². The van der Waals surface area contributed by atoms with Gasteiger partial charge in [0.1, 0.15) is 0 Å². The van der Waals surface area contributed by atoms with Gasteiger partial charge in [0.05, 0.1) is 11.0 Å². The molecule has 134 valence electrons. The second kappa shape index (κ2) is 7.37. The molecule has 0 saturated carbocycles. The second-order valence-electron chi connectivity index (χ2n) is 6.24. The number of amides is 3. The largest absolute Gasteiger partial charge is 0.322 e. The third-order valence-electron chi connectivity index (χ3n) is 4.73. The van der Waals surface area contributed by atoms with E-state index in [0.29, 0.717) is 30.5 Å². The van der Waals surface area contributed by atoms with E-state index in [1.54, 1.807) is 24.4 Å². The molecule has 1 aromatic carbocycles. The number of hydrogen-bond acceptors (Lipinski definition) is 4. The highest BCUT2D eigenvalue weighted by Crippen LogP contribution is 2.36. The number of pyridine rings is 1. The Balaban J connectivity index is 1.79. The van der Waals surface area contributed by atoms with Crippen molar-refractivity contribution in [2.45, 2.75) is 31.6 Å². The van der Waals surface area contributed by atoms with Crippen molar-refractivity contribution in [1.29, 1.82) is 0 Å². The molecule has 7 heteroatoms. The minimum absolute atomic E-state index is 0.231. The van der Waals surface area contributed by atoms with E-state index >= 15 is 0 Å². The predicted molar refractivity (Wildman–Crippen MR) is 101 cm³/mol. The minimum Gasteiger partial charge on any atom is -0.322 e. The maximum absolute atomic E-state index is 12.4. The summed E-state index contributed by atoms with van der Waals surface area (Å²) in [5.74, 6) is -0.753. The van der Waals surface area contributed by atoms with Crippen molar-refractivity contribution in [3.8, 4) is 0 Å². The van der Waals surface area contributed by atoms with Crippen LogP contribution in [0.1, 0.15) is 42.1 Å². The average molecular weight is 416 g/mol. The van der Waals surface area contributed by atoms with Crippen molar-refractivity contribution in [1.82, 2.24) is 10.3 Å². The van der Waals surface area contributed by atoms with Gasteiger partial charge >= 0.3 is 0 Å². The summed E-state index contributed by atoms with van der Waals surface area (Å²) in [4.78, 5) is 40.1. The molecule has 2 aromatic rings. The second-order valence-corrected chi connectivity index (χ2v) is 7.15. The topological polar surface area (TPSA) is 88.2 Å². The number of anilines is 1. The van der Waals surface area contributed by atoms with Crippen LogP contribution >= 0.6 is 15.9 Å². The van der Waals surface area contributed by atoms with Crippen LogP contribution in [0, 0.1) is 0 Å². The Morgan fingerprint density at radius 1 is 1.27 bits per heavy atom. The fourth-order valence-electron chi connectivity index (χ4n) is 3.18. The minimum atomic E-state index is -0.704. The molecule has 2 N–H and O–H groups in total. The molecule has 0 bridgehead atoms. The van der Waals surface area contributed by atoms with Crippen LogP contribution < -0.4 is 10.6 Å². The van der Waals surface area contributed by atoms with Crippen LogP contribution in [0.4, 0.5) is 5.69 Å². The zero-order valence-electron chi connectivity index (χ0n) is 14.2. The third kappa shape index (κ3) is 3.53. The third-order valence-corrected chi connectivity index (χ3v) is 5.17. The van der Waals surface area contributed by atoms with Gasteiger partial charge in [-0.3, -0.25) is 24.7 Å². The summed E-state index contributed by atoms with van der Waals surface area (Å²) < 4.78 is 0.725. The Hall–Kier alpha value is -2.54. The molecule has 0 spiro atoms. The monoisotopic (exact) mass is 415 g/mol. The molecular formula is C19H18BrN3O3. The first-order valence-corrected chi connectivity index (χ1v) is 9.10. The van der Waals surface area contributed by atoms with Crippen LogP contribution in [0.5, 0.6) is 0 Å². The summed E-state index contributed by atoms with van der Waals surface area (Å²) in [6.45, 7) is 1.94. The van der Waals surface area contributed by atoms with E-state index in [2.05, 4.69) is 31.5 Å². The normalized spacial score (nSPS) is 19.8. The van der Waals surface area contributed by atoms with Gasteiger partial charge in [0.2, 0.25) is 11.8 Å². The molecule has 0 aliphatic carbocycles. The number of benzene rings is 1. The van der Waals surface area contributed by atoms with Crippen molar-refractivity contribution >= 4 is 39.3 Å². The Morgan fingerprint density at radius 2 is 2.00 bits per heavy atom. The maximum atomic E-state index is 12.4. The van der Waals surface area contributed by atoms with Crippen LogP contribution in [-0.4, -0.2) is 22.7 Å². The molecule has 1 atom stereocenters. The first kappa shape index (κ1) is 18.3. The van der Waals surface area contributed by atoms with Crippen molar-refractivity contribution < 1.29 is 14.4 Å². The van der Waals surface area contributed by atoms with Crippen molar-refractivity contribution in [2.75, 3.05) is 5.32 Å². The van der Waals surface area contributed by atoms with E-state index in [1.165, 1.54) is 6.20 Å². The van der Waals surface area contributed by atoms with E-state index < -0.39 is 5.41 Å². The zero-order valence-corrected chi connectivity index (χ0v) is 15.8. The molecule has 1 saturated heterocycles. The van der Waals surface area contributed by atoms with Gasteiger partial charge in [-0.15, -0.1) is 0 Å². The molecule has 1 aliphatic rings. The summed E-state index contributed by atoms with van der Waals surface area (Å²) in [5.41, 5.74) is 1.20. The number of imide groups is 1. The van der Waals surface area contributed by atoms with E-state index in [4.69, 9.17) is 0 Å². The number of piperidine rings is 1. The van der Waals surface area contributed by atoms with Gasteiger partial charge in [-0.2, -0.15) is 0 Å². The molecule has 3 rings (SSSR count). The first-order chi connectivity index (χ1) is 12.4. The van der Waals surface area contributed by atoms with Gasteiger partial charge in [0, 0.05) is 29.0 Å². The van der Waals surface area contributed by atoms with Gasteiger partial charge in [-0.1, -0.05) is 19.1 Å². The summed E-state index contributed by atoms with van der Waals surface area (Å²) in [6, 6.07) is 8.87. The lowest BCUT2D eigenvalue weighted by Crippen LogP contribution is -2.51. The number of halogens is 1. The van der Waals surface area contributed by atoms with Crippen molar-refractivity contribution in [2.24, 2.45) is 0 Å². The lowest BCUT2D eigenvalue weighted by Gasteiger charge is -2.35. The Bertz CT molecular complexity index is 867. The number of hydrogen-bond donors (Lipinski definition) is 2. The molecule has 1 aromatic heterocycles. The number of aromatic nitrogens is 1. The van der Waals surface area contributed by atoms with Crippen LogP contribution in [-0.2, 0) is 15.0 Å². The molecule has 6 nitrogen and oxygen atoms in total. The van der Waals surface area contributed by atoms with Crippen LogP contribution in [0.15, 0.2) is 47.2 Å². The molecule has 2 heterocycles. The zero-order chi connectivity index (χ0) is 18.7. The van der Waals surface area contributed by atoms with E-state index in [1.807, 2.05) is 19.1 Å². The quantitative estimate of drug-likeness (QED) is 0.750. The summed E-state index contributed by atoms with van der Waals surface area (Å²) in [6.07, 6.45) is 4.51. The smallest absolute Gasteiger partial charge is 0.257 e. The Labute approximate surface area is 159 Å². The highest BCUT2D eigenvalue weighted by molar-refractivity contribution is 9.10. The number of rotatable bonds is 4. The highest BCUT2D eigenvalue weighted by atomic mass is 79.9. The van der Waals surface area contributed by atoms with Crippen LogP contribution in [0.3, 0.4) is 0 Å². The van der Waals surface area contributed by atoms with Crippen molar-refractivity contribution in [3.05, 3.63) is 58.3 Å². The molecule has 1 aliphatic heterocycles. The van der Waals surface area contributed by atoms with Gasteiger partial charge in [-0.05, 0) is 52.5 Å². The number of carbonyl (C=O) groups is 3. The van der Waals surface area contributed by atoms with Gasteiger partial charge in [-0.25, -0.2) is 0 Å². The van der Waals surface area contributed by atoms with Crippen LogP contribution in [0.25, 0.3) is 0 Å². The number of nitrogens with one attached hydrogen (secondary N) is 2.